The Labute approximate surface area is 174 Å². The lowest BCUT2D eigenvalue weighted by Crippen LogP contribution is -2.21. The number of halogens is 3. The normalized spacial score (nSPS) is 11.3. The number of carbonyl (C=O) groups excluding carboxylic acids is 1. The van der Waals surface area contributed by atoms with Gasteiger partial charge in [-0.25, -0.2) is 14.5 Å². The van der Waals surface area contributed by atoms with Crippen LogP contribution in [0, 0.1) is 0 Å². The van der Waals surface area contributed by atoms with Crippen molar-refractivity contribution >= 4 is 23.2 Å². The Hall–Kier alpha value is -4.28. The van der Waals surface area contributed by atoms with E-state index in [0.717, 1.165) is 17.8 Å². The molecule has 0 bridgehead atoms. The maximum absolute atomic E-state index is 13.1. The van der Waals surface area contributed by atoms with E-state index in [1.165, 1.54) is 23.1 Å². The summed E-state index contributed by atoms with van der Waals surface area (Å²) in [7, 11) is 0. The van der Waals surface area contributed by atoms with Crippen molar-refractivity contribution in [3.05, 3.63) is 79.0 Å². The Kier molecular flexibility index (Phi) is 5.07. The van der Waals surface area contributed by atoms with Crippen LogP contribution in [0.3, 0.4) is 0 Å². The summed E-state index contributed by atoms with van der Waals surface area (Å²) in [6, 6.07) is 10.7. The molecule has 2 aromatic carbocycles. The fourth-order valence-electron chi connectivity index (χ4n) is 2.93. The van der Waals surface area contributed by atoms with Gasteiger partial charge in [0.15, 0.2) is 0 Å². The molecule has 4 rings (SSSR count). The number of nitrogen functional groups attached to an aromatic ring is 1. The average Bonchev–Trinajstić information content (AvgIpc) is 3.40. The van der Waals surface area contributed by atoms with Crippen molar-refractivity contribution in [2.75, 3.05) is 16.4 Å². The minimum absolute atomic E-state index is 0.0427. The smallest absolute Gasteiger partial charge is 0.383 e. The van der Waals surface area contributed by atoms with Gasteiger partial charge in [0.2, 0.25) is 0 Å². The van der Waals surface area contributed by atoms with E-state index in [0.29, 0.717) is 17.2 Å². The molecule has 0 fully saturated rings. The van der Waals surface area contributed by atoms with Crippen molar-refractivity contribution in [3.8, 4) is 11.4 Å². The second-order valence-electron chi connectivity index (χ2n) is 6.49. The molecule has 4 N–H and O–H groups in total. The number of nitrogens with one attached hydrogen (secondary N) is 2. The van der Waals surface area contributed by atoms with Gasteiger partial charge >= 0.3 is 12.2 Å². The number of amides is 2. The van der Waals surface area contributed by atoms with E-state index in [1.54, 1.807) is 47.4 Å². The Bertz CT molecular complexity index is 1200. The third-order valence-corrected chi connectivity index (χ3v) is 4.39. The molecule has 0 aliphatic carbocycles. The Morgan fingerprint density at radius 3 is 2.45 bits per heavy atom. The first-order valence-corrected chi connectivity index (χ1v) is 8.99. The maximum Gasteiger partial charge on any atom is 0.416 e. The predicted molar refractivity (Wildman–Crippen MR) is 109 cm³/mol. The fourth-order valence-corrected chi connectivity index (χ4v) is 2.93. The second-order valence-corrected chi connectivity index (χ2v) is 6.49. The largest absolute Gasteiger partial charge is 0.416 e. The van der Waals surface area contributed by atoms with Gasteiger partial charge in [0.05, 0.1) is 23.1 Å². The minimum atomic E-state index is -4.56. The van der Waals surface area contributed by atoms with Crippen LogP contribution in [-0.2, 0) is 6.18 Å². The van der Waals surface area contributed by atoms with E-state index in [-0.39, 0.29) is 5.69 Å². The lowest BCUT2D eigenvalue weighted by molar-refractivity contribution is -0.137. The molecule has 4 aromatic rings. The molecule has 0 aliphatic rings. The monoisotopic (exact) mass is 427 g/mol. The molecule has 0 aliphatic heterocycles. The Morgan fingerprint density at radius 2 is 1.84 bits per heavy atom. The van der Waals surface area contributed by atoms with Gasteiger partial charge in [-0.1, -0.05) is 0 Å². The van der Waals surface area contributed by atoms with Crippen LogP contribution in [0.1, 0.15) is 5.56 Å². The number of urea groups is 1. The molecule has 31 heavy (non-hydrogen) atoms. The zero-order valence-corrected chi connectivity index (χ0v) is 15.8. The molecule has 0 radical (unpaired) electrons. The van der Waals surface area contributed by atoms with Gasteiger partial charge in [-0.15, -0.1) is 0 Å². The molecule has 2 aromatic heterocycles. The van der Waals surface area contributed by atoms with Crippen LogP contribution < -0.4 is 16.4 Å². The molecule has 2 amide bonds. The van der Waals surface area contributed by atoms with Crippen molar-refractivity contribution in [1.82, 2.24) is 19.3 Å². The van der Waals surface area contributed by atoms with E-state index in [1.807, 2.05) is 0 Å². The summed E-state index contributed by atoms with van der Waals surface area (Å²) in [5.41, 5.74) is 6.34. The number of benzene rings is 2. The first-order chi connectivity index (χ1) is 14.8. The predicted octanol–water partition coefficient (Wildman–Crippen LogP) is 4.30. The third kappa shape index (κ3) is 4.34. The highest BCUT2D eigenvalue weighted by Crippen LogP contribution is 2.33. The summed E-state index contributed by atoms with van der Waals surface area (Å²) >= 11 is 0. The van der Waals surface area contributed by atoms with E-state index in [2.05, 4.69) is 20.7 Å². The molecule has 0 unspecified atom stereocenters. The number of hydrogen-bond donors (Lipinski definition) is 3. The van der Waals surface area contributed by atoms with Gasteiger partial charge in [0.1, 0.15) is 12.1 Å². The molecule has 158 valence electrons. The van der Waals surface area contributed by atoms with Crippen molar-refractivity contribution in [3.63, 3.8) is 0 Å². The Balaban J connectivity index is 1.54. The van der Waals surface area contributed by atoms with Crippen molar-refractivity contribution in [2.45, 2.75) is 6.18 Å². The molecular weight excluding hydrogens is 411 g/mol. The van der Waals surface area contributed by atoms with Crippen LogP contribution in [0.4, 0.5) is 35.2 Å². The topological polar surface area (TPSA) is 103 Å². The molecule has 11 heteroatoms. The van der Waals surface area contributed by atoms with Gasteiger partial charge in [-0.2, -0.15) is 18.3 Å². The number of anilines is 3. The van der Waals surface area contributed by atoms with Crippen LogP contribution >= 0.6 is 0 Å². The van der Waals surface area contributed by atoms with Gasteiger partial charge in [0, 0.05) is 23.8 Å². The van der Waals surface area contributed by atoms with Crippen molar-refractivity contribution in [2.24, 2.45) is 0 Å². The lowest BCUT2D eigenvalue weighted by atomic mass is 10.1. The lowest BCUT2D eigenvalue weighted by Gasteiger charge is -2.15. The SMILES string of the molecule is Nc1cncn1-c1ccc(NC(=O)Nc2cc(C(F)(F)F)ccc2-n2cccn2)cc1. The van der Waals surface area contributed by atoms with Crippen LogP contribution in [0.25, 0.3) is 11.4 Å². The number of nitrogens with zero attached hydrogens (tertiary/aromatic N) is 4. The molecule has 0 saturated heterocycles. The van der Waals surface area contributed by atoms with Crippen LogP contribution in [0.5, 0.6) is 0 Å². The summed E-state index contributed by atoms with van der Waals surface area (Å²) in [6.07, 6.45) is 1.55. The number of carbonyl (C=O) groups is 1. The summed E-state index contributed by atoms with van der Waals surface area (Å²) in [5, 5.41) is 9.07. The quantitative estimate of drug-likeness (QED) is 0.452. The number of imidazole rings is 1. The highest BCUT2D eigenvalue weighted by molar-refractivity contribution is 6.01. The van der Waals surface area contributed by atoms with Crippen molar-refractivity contribution in [1.29, 1.82) is 0 Å². The van der Waals surface area contributed by atoms with Gasteiger partial charge < -0.3 is 16.4 Å². The number of hydrogen-bond acceptors (Lipinski definition) is 4. The molecular formula is C20H16F3N7O. The van der Waals surface area contributed by atoms with Crippen LogP contribution in [0.2, 0.25) is 0 Å². The molecule has 2 heterocycles. The van der Waals surface area contributed by atoms with Gasteiger partial charge in [0.25, 0.3) is 0 Å². The number of aromatic nitrogens is 4. The zero-order chi connectivity index (χ0) is 22.0. The highest BCUT2D eigenvalue weighted by Gasteiger charge is 2.31. The summed E-state index contributed by atoms with van der Waals surface area (Å²) in [5.74, 6) is 0.453. The number of nitrogens with two attached hydrogens (primary N) is 1. The minimum Gasteiger partial charge on any atom is -0.383 e. The number of alkyl halides is 3. The summed E-state index contributed by atoms with van der Waals surface area (Å²) in [4.78, 5) is 16.4. The molecule has 0 atom stereocenters. The van der Waals surface area contributed by atoms with Gasteiger partial charge in [-0.3, -0.25) is 4.57 Å². The standard InChI is InChI=1S/C20H16F3N7O/c21-20(22,23)13-2-7-17(30-9-1-8-26-30)16(10-13)28-19(31)27-14-3-5-15(6-4-14)29-12-25-11-18(29)24/h1-12H,24H2,(H2,27,28,31). The van der Waals surface area contributed by atoms with E-state index in [9.17, 15) is 18.0 Å². The fraction of sp³-hybridized carbons (Fsp3) is 0.0500. The van der Waals surface area contributed by atoms with E-state index >= 15 is 0 Å². The first-order valence-electron chi connectivity index (χ1n) is 8.99. The third-order valence-electron chi connectivity index (χ3n) is 4.39. The Morgan fingerprint density at radius 1 is 1.06 bits per heavy atom. The maximum atomic E-state index is 13.1. The highest BCUT2D eigenvalue weighted by atomic mass is 19.4. The molecule has 8 nitrogen and oxygen atoms in total. The van der Waals surface area contributed by atoms with Crippen LogP contribution in [0.15, 0.2) is 73.4 Å². The van der Waals surface area contributed by atoms with Crippen molar-refractivity contribution < 1.29 is 18.0 Å². The van der Waals surface area contributed by atoms with Crippen LogP contribution in [-0.4, -0.2) is 25.4 Å². The summed E-state index contributed by atoms with van der Waals surface area (Å²) in [6.45, 7) is 0. The molecule has 0 saturated carbocycles. The molecule has 0 spiro atoms. The number of rotatable bonds is 4. The second kappa shape index (κ2) is 7.86. The zero-order valence-electron chi connectivity index (χ0n) is 15.8. The summed E-state index contributed by atoms with van der Waals surface area (Å²) < 4.78 is 42.4. The average molecular weight is 427 g/mol. The van der Waals surface area contributed by atoms with Gasteiger partial charge in [-0.05, 0) is 48.5 Å². The first kappa shape index (κ1) is 20.0. The van der Waals surface area contributed by atoms with E-state index < -0.39 is 17.8 Å². The van der Waals surface area contributed by atoms with E-state index in [4.69, 9.17) is 5.73 Å².